The normalized spacial score (nSPS) is 15.9. The van der Waals surface area contributed by atoms with Crippen LogP contribution in [0.3, 0.4) is 0 Å². The van der Waals surface area contributed by atoms with Crippen LogP contribution in [-0.4, -0.2) is 31.2 Å². The molecular weight excluding hydrogens is 497 g/mol. The largest absolute Gasteiger partial charge is 0.273 e. The number of aromatic nitrogens is 2. The van der Waals surface area contributed by atoms with E-state index in [1.807, 2.05) is 36.4 Å². The molecule has 0 spiro atoms. The Morgan fingerprint density at radius 1 is 0.970 bits per heavy atom. The molecule has 1 saturated heterocycles. The van der Waals surface area contributed by atoms with Gasteiger partial charge in [0.25, 0.3) is 5.56 Å². The smallest absolute Gasteiger partial charge is 0.268 e. The van der Waals surface area contributed by atoms with Gasteiger partial charge in [-0.3, -0.25) is 14.5 Å². The van der Waals surface area contributed by atoms with Gasteiger partial charge in [-0.25, -0.2) is 9.55 Å². The van der Waals surface area contributed by atoms with Crippen LogP contribution in [-0.2, 0) is 4.79 Å². The molecule has 164 valence electrons. The Hall–Kier alpha value is -2.71. The lowest BCUT2D eigenvalue weighted by Crippen LogP contribution is -2.43. The number of amides is 1. The first-order valence-electron chi connectivity index (χ1n) is 9.96. The van der Waals surface area contributed by atoms with Crippen molar-refractivity contribution in [1.82, 2.24) is 14.5 Å². The number of thiocarbonyl (C=S) groups is 1. The molecule has 5 nitrogen and oxygen atoms in total. The van der Waals surface area contributed by atoms with Crippen LogP contribution in [0.25, 0.3) is 22.3 Å². The van der Waals surface area contributed by atoms with Gasteiger partial charge in [-0.15, -0.1) is 11.8 Å². The van der Waals surface area contributed by atoms with E-state index in [2.05, 4.69) is 0 Å². The maximum Gasteiger partial charge on any atom is 0.268 e. The van der Waals surface area contributed by atoms with Gasteiger partial charge in [0.1, 0.15) is 11.2 Å². The van der Waals surface area contributed by atoms with E-state index in [1.165, 1.54) is 21.2 Å². The van der Waals surface area contributed by atoms with Gasteiger partial charge in [0.2, 0.25) is 5.91 Å². The molecule has 4 aromatic rings. The van der Waals surface area contributed by atoms with Crippen LogP contribution in [0.15, 0.2) is 77.6 Å². The first kappa shape index (κ1) is 22.1. The molecule has 5 rings (SSSR count). The number of carbonyl (C=O) groups excluding carboxylic acids is 1. The fraction of sp³-hybridized carbons (Fsp3) is 0.0833. The molecule has 1 unspecified atom stereocenters. The summed E-state index contributed by atoms with van der Waals surface area (Å²) in [5.41, 5.74) is 1.71. The molecule has 1 aromatic heterocycles. The van der Waals surface area contributed by atoms with Crippen molar-refractivity contribution in [3.05, 3.63) is 98.8 Å². The Morgan fingerprint density at radius 2 is 1.70 bits per heavy atom. The van der Waals surface area contributed by atoms with Crippen molar-refractivity contribution in [2.24, 2.45) is 0 Å². The lowest BCUT2D eigenvalue weighted by Gasteiger charge is -2.27. The second-order valence-corrected chi connectivity index (χ2v) is 9.59. The third-order valence-electron chi connectivity index (χ3n) is 5.30. The van der Waals surface area contributed by atoms with Crippen LogP contribution in [0.5, 0.6) is 0 Å². The molecule has 1 fully saturated rings. The summed E-state index contributed by atoms with van der Waals surface area (Å²) in [4.78, 5) is 32.8. The summed E-state index contributed by atoms with van der Waals surface area (Å²) in [6, 6.07) is 21.6. The van der Waals surface area contributed by atoms with Crippen molar-refractivity contribution in [3.63, 3.8) is 0 Å². The minimum absolute atomic E-state index is 0.0724. The van der Waals surface area contributed by atoms with Crippen molar-refractivity contribution in [2.45, 2.75) is 5.37 Å². The molecule has 2 heterocycles. The van der Waals surface area contributed by atoms with Gasteiger partial charge in [0.15, 0.2) is 5.11 Å². The first-order chi connectivity index (χ1) is 16.0. The fourth-order valence-electron chi connectivity index (χ4n) is 3.74. The summed E-state index contributed by atoms with van der Waals surface area (Å²) < 4.78 is 1.35. The van der Waals surface area contributed by atoms with Gasteiger partial charge >= 0.3 is 0 Å². The summed E-state index contributed by atoms with van der Waals surface area (Å²) in [6.07, 6.45) is 0. The minimum Gasteiger partial charge on any atom is -0.273 e. The van der Waals surface area contributed by atoms with Gasteiger partial charge in [0.05, 0.1) is 26.7 Å². The number of carbonyl (C=O) groups is 1. The SMILES string of the molecule is O=C1CSC(c2ccc(Cl)c(Cl)c2)N1C(=S)n1c(-c2ccccc2)nc2ccccc2c1=O. The quantitative estimate of drug-likeness (QED) is 0.319. The summed E-state index contributed by atoms with van der Waals surface area (Å²) in [5, 5.41) is 0.856. The van der Waals surface area contributed by atoms with E-state index >= 15 is 0 Å². The lowest BCUT2D eigenvalue weighted by atomic mass is 10.1. The van der Waals surface area contributed by atoms with Crippen LogP contribution in [0.2, 0.25) is 10.0 Å². The highest BCUT2D eigenvalue weighted by atomic mass is 35.5. The van der Waals surface area contributed by atoms with Gasteiger partial charge in [-0.1, -0.05) is 71.7 Å². The van der Waals surface area contributed by atoms with E-state index in [1.54, 1.807) is 36.4 Å². The standard InChI is InChI=1S/C24H15Cl2N3O2S2/c25-17-11-10-15(12-18(17)26)23-28(20(30)13-33-23)24(32)29-21(14-6-2-1-3-7-14)27-19-9-5-4-8-16(19)22(29)31/h1-12,23H,13H2. The van der Waals surface area contributed by atoms with Crippen molar-refractivity contribution < 1.29 is 4.79 Å². The molecule has 0 saturated carbocycles. The maximum atomic E-state index is 13.6. The Bertz CT molecular complexity index is 1470. The highest BCUT2D eigenvalue weighted by molar-refractivity contribution is 8.00. The van der Waals surface area contributed by atoms with E-state index in [0.29, 0.717) is 32.3 Å². The van der Waals surface area contributed by atoms with Crippen molar-refractivity contribution in [3.8, 4) is 11.4 Å². The van der Waals surface area contributed by atoms with Crippen molar-refractivity contribution in [2.75, 3.05) is 5.75 Å². The second-order valence-electron chi connectivity index (χ2n) is 7.34. The molecule has 0 N–H and O–H groups in total. The molecule has 0 bridgehead atoms. The zero-order chi connectivity index (χ0) is 23.1. The number of halogens is 2. The number of thioether (sulfide) groups is 1. The molecule has 1 amide bonds. The average molecular weight is 512 g/mol. The predicted octanol–water partition coefficient (Wildman–Crippen LogP) is 5.78. The molecular formula is C24H15Cl2N3O2S2. The summed E-state index contributed by atoms with van der Waals surface area (Å²) in [5.74, 6) is 0.406. The van der Waals surface area contributed by atoms with E-state index in [-0.39, 0.29) is 22.3 Å². The molecule has 9 heteroatoms. The zero-order valence-electron chi connectivity index (χ0n) is 16.9. The molecule has 3 aromatic carbocycles. The van der Waals surface area contributed by atoms with E-state index < -0.39 is 5.37 Å². The minimum atomic E-state index is -0.443. The monoisotopic (exact) mass is 511 g/mol. The third-order valence-corrected chi connectivity index (χ3v) is 7.63. The van der Waals surface area contributed by atoms with Crippen molar-refractivity contribution in [1.29, 1.82) is 0 Å². The fourth-order valence-corrected chi connectivity index (χ4v) is 5.64. The Morgan fingerprint density at radius 3 is 2.45 bits per heavy atom. The second kappa shape index (κ2) is 8.91. The highest BCUT2D eigenvalue weighted by Crippen LogP contribution is 2.41. The number of hydrogen-bond acceptors (Lipinski definition) is 5. The Labute approximate surface area is 209 Å². The number of fused-ring (bicyclic) bond motifs is 1. The zero-order valence-corrected chi connectivity index (χ0v) is 20.1. The number of benzene rings is 3. The van der Waals surface area contributed by atoms with Gasteiger partial charge < -0.3 is 0 Å². The average Bonchev–Trinajstić information content (AvgIpc) is 3.22. The van der Waals surface area contributed by atoms with E-state index in [0.717, 1.165) is 5.56 Å². The molecule has 1 atom stereocenters. The summed E-state index contributed by atoms with van der Waals surface area (Å²) in [6.45, 7) is 0. The van der Waals surface area contributed by atoms with Crippen LogP contribution >= 0.6 is 47.2 Å². The maximum absolute atomic E-state index is 13.6. The number of rotatable bonds is 2. The third kappa shape index (κ3) is 3.95. The topological polar surface area (TPSA) is 55.2 Å². The number of nitrogens with zero attached hydrogens (tertiary/aromatic N) is 3. The lowest BCUT2D eigenvalue weighted by molar-refractivity contribution is -0.124. The molecule has 1 aliphatic rings. The first-order valence-corrected chi connectivity index (χ1v) is 12.2. The Balaban J connectivity index is 1.70. The molecule has 0 radical (unpaired) electrons. The number of para-hydroxylation sites is 1. The van der Waals surface area contributed by atoms with E-state index in [4.69, 9.17) is 40.4 Å². The van der Waals surface area contributed by atoms with E-state index in [9.17, 15) is 9.59 Å². The summed E-state index contributed by atoms with van der Waals surface area (Å²) >= 11 is 19.5. The van der Waals surface area contributed by atoms with Crippen LogP contribution < -0.4 is 5.56 Å². The van der Waals surface area contributed by atoms with Gasteiger partial charge in [0, 0.05) is 5.56 Å². The Kier molecular flexibility index (Phi) is 5.97. The van der Waals surface area contributed by atoms with Crippen LogP contribution in [0.4, 0.5) is 0 Å². The summed E-state index contributed by atoms with van der Waals surface area (Å²) in [7, 11) is 0. The van der Waals surface area contributed by atoms with Crippen molar-refractivity contribution >= 4 is 69.1 Å². The number of hydrogen-bond donors (Lipinski definition) is 0. The van der Waals surface area contributed by atoms with Gasteiger partial charge in [-0.05, 0) is 42.0 Å². The van der Waals surface area contributed by atoms with Crippen LogP contribution in [0, 0.1) is 0 Å². The molecule has 1 aliphatic heterocycles. The predicted molar refractivity (Wildman–Crippen MR) is 138 cm³/mol. The molecule has 0 aliphatic carbocycles. The van der Waals surface area contributed by atoms with Gasteiger partial charge in [-0.2, -0.15) is 0 Å². The van der Waals surface area contributed by atoms with Crippen LogP contribution in [0.1, 0.15) is 10.9 Å². The highest BCUT2D eigenvalue weighted by Gasteiger charge is 2.37. The molecule has 33 heavy (non-hydrogen) atoms.